The second-order valence-electron chi connectivity index (χ2n) is 5.80. The van der Waals surface area contributed by atoms with E-state index in [0.717, 1.165) is 0 Å². The minimum Gasteiger partial charge on any atom is -0.463 e. The average Bonchev–Trinajstić information content (AvgIpc) is 2.59. The monoisotopic (exact) mass is 330 g/mol. The van der Waals surface area contributed by atoms with Crippen molar-refractivity contribution >= 4 is 11.9 Å². The molecule has 1 aromatic heterocycles. The zero-order valence-electron chi connectivity index (χ0n) is 14.4. The highest BCUT2D eigenvalue weighted by molar-refractivity contribution is 5.79. The van der Waals surface area contributed by atoms with Crippen LogP contribution in [0.1, 0.15) is 38.4 Å². The first-order valence-electron chi connectivity index (χ1n) is 8.09. The summed E-state index contributed by atoms with van der Waals surface area (Å²) < 4.78 is 5.35. The van der Waals surface area contributed by atoms with Crippen molar-refractivity contribution in [3.63, 3.8) is 0 Å². The van der Waals surface area contributed by atoms with Gasteiger partial charge in [0.15, 0.2) is 0 Å². The molecule has 0 aromatic carbocycles. The number of nitrogens with one attached hydrogen (secondary N) is 1. The molecule has 0 aliphatic heterocycles. The van der Waals surface area contributed by atoms with Crippen LogP contribution in [0.5, 0.6) is 0 Å². The highest BCUT2D eigenvalue weighted by Crippen LogP contribution is 2.14. The molecule has 0 aliphatic carbocycles. The van der Waals surface area contributed by atoms with Gasteiger partial charge in [-0.25, -0.2) is 0 Å². The van der Waals surface area contributed by atoms with Gasteiger partial charge in [0.25, 0.3) is 0 Å². The first kappa shape index (κ1) is 19.6. The number of esters is 1. The number of carbonyl (C=O) groups is 2. The maximum absolute atomic E-state index is 12.3. The largest absolute Gasteiger partial charge is 0.463 e. The van der Waals surface area contributed by atoms with Crippen LogP contribution in [0.4, 0.5) is 0 Å². The lowest BCUT2D eigenvalue weighted by Gasteiger charge is -2.21. The van der Waals surface area contributed by atoms with E-state index in [1.54, 1.807) is 37.4 Å². The summed E-state index contributed by atoms with van der Waals surface area (Å²) in [6, 6.07) is 4.94. The Morgan fingerprint density at radius 3 is 2.46 bits per heavy atom. The van der Waals surface area contributed by atoms with Gasteiger partial charge in [-0.2, -0.15) is 0 Å². The van der Waals surface area contributed by atoms with Crippen molar-refractivity contribution in [3.8, 4) is 0 Å². The van der Waals surface area contributed by atoms with E-state index in [1.165, 1.54) is 0 Å². The fourth-order valence-corrected chi connectivity index (χ4v) is 2.11. The Bertz CT molecular complexity index is 557. The van der Waals surface area contributed by atoms with Crippen LogP contribution in [0.25, 0.3) is 0 Å². The van der Waals surface area contributed by atoms with Crippen LogP contribution in [0.15, 0.2) is 49.7 Å². The van der Waals surface area contributed by atoms with Crippen LogP contribution in [-0.4, -0.2) is 23.5 Å². The third-order valence-corrected chi connectivity index (χ3v) is 3.64. The lowest BCUT2D eigenvalue weighted by Crippen LogP contribution is -2.36. The van der Waals surface area contributed by atoms with Crippen molar-refractivity contribution in [3.05, 3.63) is 55.4 Å². The van der Waals surface area contributed by atoms with Gasteiger partial charge >= 0.3 is 5.97 Å². The van der Waals surface area contributed by atoms with E-state index < -0.39 is 6.04 Å². The quantitative estimate of drug-likeness (QED) is 0.528. The Kier molecular flexibility index (Phi) is 8.47. The Morgan fingerprint density at radius 2 is 1.88 bits per heavy atom. The minimum atomic E-state index is -0.481. The predicted molar refractivity (Wildman–Crippen MR) is 94.0 cm³/mol. The maximum Gasteiger partial charge on any atom is 0.309 e. The molecule has 0 aliphatic rings. The molecule has 0 spiro atoms. The lowest BCUT2D eigenvalue weighted by atomic mass is 10.1. The molecule has 1 aromatic rings. The van der Waals surface area contributed by atoms with Crippen molar-refractivity contribution in [2.75, 3.05) is 6.61 Å². The van der Waals surface area contributed by atoms with E-state index in [2.05, 4.69) is 23.5 Å². The van der Waals surface area contributed by atoms with Crippen molar-refractivity contribution in [1.29, 1.82) is 0 Å². The molecule has 1 heterocycles. The predicted octanol–water partition coefficient (Wildman–Crippen LogP) is 3.21. The highest BCUT2D eigenvalue weighted by Gasteiger charge is 2.22. The number of amides is 1. The summed E-state index contributed by atoms with van der Waals surface area (Å²) in [4.78, 5) is 28.5. The third kappa shape index (κ3) is 6.36. The summed E-state index contributed by atoms with van der Waals surface area (Å²) in [5.41, 5.74) is 0.654. The molecule has 1 rings (SSSR count). The van der Waals surface area contributed by atoms with Gasteiger partial charge in [-0.15, -0.1) is 13.2 Å². The summed E-state index contributed by atoms with van der Waals surface area (Å²) in [6.07, 6.45) is 6.16. The van der Waals surface area contributed by atoms with Crippen LogP contribution < -0.4 is 5.32 Å². The highest BCUT2D eigenvalue weighted by atomic mass is 16.5. The summed E-state index contributed by atoms with van der Waals surface area (Å²) in [5.74, 6) is -0.906. The SMILES string of the molecule is C=CCC(C)C(=O)OC[C@H](NC(=O)[C@@H](C)CC=C)c1ccccn1. The number of nitrogens with zero attached hydrogens (tertiary/aromatic N) is 1. The second-order valence-corrected chi connectivity index (χ2v) is 5.80. The van der Waals surface area contributed by atoms with E-state index in [9.17, 15) is 9.59 Å². The summed E-state index contributed by atoms with van der Waals surface area (Å²) >= 11 is 0. The Hall–Kier alpha value is -2.43. The van der Waals surface area contributed by atoms with Gasteiger partial charge < -0.3 is 10.1 Å². The third-order valence-electron chi connectivity index (χ3n) is 3.64. The van der Waals surface area contributed by atoms with E-state index in [0.29, 0.717) is 18.5 Å². The van der Waals surface area contributed by atoms with Crippen LogP contribution in [0, 0.1) is 11.8 Å². The van der Waals surface area contributed by atoms with Gasteiger partial charge in [-0.3, -0.25) is 14.6 Å². The van der Waals surface area contributed by atoms with E-state index in [-0.39, 0.29) is 30.3 Å². The molecule has 0 bridgehead atoms. The average molecular weight is 330 g/mol. The van der Waals surface area contributed by atoms with Gasteiger partial charge in [0.05, 0.1) is 11.6 Å². The summed E-state index contributed by atoms with van der Waals surface area (Å²) in [7, 11) is 0. The first-order valence-corrected chi connectivity index (χ1v) is 8.09. The van der Waals surface area contributed by atoms with Crippen LogP contribution in [0.2, 0.25) is 0 Å². The molecule has 1 N–H and O–H groups in total. The fraction of sp³-hybridized carbons (Fsp3) is 0.421. The molecule has 0 radical (unpaired) electrons. The molecule has 1 unspecified atom stereocenters. The van der Waals surface area contributed by atoms with Crippen LogP contribution in [-0.2, 0) is 14.3 Å². The van der Waals surface area contributed by atoms with Crippen molar-refractivity contribution in [2.24, 2.45) is 11.8 Å². The molecular weight excluding hydrogens is 304 g/mol. The summed E-state index contributed by atoms with van der Waals surface area (Å²) in [5, 5.41) is 2.90. The van der Waals surface area contributed by atoms with Crippen molar-refractivity contribution < 1.29 is 14.3 Å². The number of pyridine rings is 1. The number of hydrogen-bond acceptors (Lipinski definition) is 4. The fourth-order valence-electron chi connectivity index (χ4n) is 2.11. The molecule has 130 valence electrons. The number of rotatable bonds is 10. The molecule has 3 atom stereocenters. The van der Waals surface area contributed by atoms with E-state index >= 15 is 0 Å². The zero-order chi connectivity index (χ0) is 17.9. The van der Waals surface area contributed by atoms with Crippen LogP contribution >= 0.6 is 0 Å². The number of aromatic nitrogens is 1. The Labute approximate surface area is 143 Å². The number of hydrogen-bond donors (Lipinski definition) is 1. The van der Waals surface area contributed by atoms with Crippen molar-refractivity contribution in [1.82, 2.24) is 10.3 Å². The molecule has 0 saturated carbocycles. The second kappa shape index (κ2) is 10.4. The molecule has 0 saturated heterocycles. The zero-order valence-corrected chi connectivity index (χ0v) is 14.4. The minimum absolute atomic E-state index is 0.0455. The molecule has 0 fully saturated rings. The first-order chi connectivity index (χ1) is 11.5. The molecule has 5 heteroatoms. The van der Waals surface area contributed by atoms with Gasteiger partial charge in [0, 0.05) is 12.1 Å². The molecule has 1 amide bonds. The molecule has 24 heavy (non-hydrogen) atoms. The smallest absolute Gasteiger partial charge is 0.309 e. The summed E-state index contributed by atoms with van der Waals surface area (Å²) in [6.45, 7) is 10.9. The van der Waals surface area contributed by atoms with Gasteiger partial charge in [0.1, 0.15) is 12.6 Å². The Balaban J connectivity index is 2.76. The standard InChI is InChI=1S/C19H26N2O3/c1-5-9-14(3)18(22)21-17(16-11-7-8-12-20-16)13-24-19(23)15(4)10-6-2/h5-8,11-12,14-15,17H,1-2,9-10,13H2,3-4H3,(H,21,22)/t14-,15?,17-/m0/s1. The molecular formula is C19H26N2O3. The maximum atomic E-state index is 12.3. The van der Waals surface area contributed by atoms with Crippen molar-refractivity contribution in [2.45, 2.75) is 32.7 Å². The number of carbonyl (C=O) groups excluding carboxylic acids is 2. The Morgan fingerprint density at radius 1 is 1.21 bits per heavy atom. The lowest BCUT2D eigenvalue weighted by molar-refractivity contribution is -0.149. The van der Waals surface area contributed by atoms with Gasteiger partial charge in [-0.1, -0.05) is 32.1 Å². The topological polar surface area (TPSA) is 68.3 Å². The van der Waals surface area contributed by atoms with E-state index in [1.807, 2.05) is 13.0 Å². The van der Waals surface area contributed by atoms with Gasteiger partial charge in [-0.05, 0) is 25.0 Å². The normalized spacial score (nSPS) is 14.1. The van der Waals surface area contributed by atoms with E-state index in [4.69, 9.17) is 4.74 Å². The van der Waals surface area contributed by atoms with Crippen LogP contribution in [0.3, 0.4) is 0 Å². The molecule has 5 nitrogen and oxygen atoms in total. The number of ether oxygens (including phenoxy) is 1. The number of allylic oxidation sites excluding steroid dienone is 2. The van der Waals surface area contributed by atoms with Gasteiger partial charge in [0.2, 0.25) is 5.91 Å².